The second-order valence-electron chi connectivity index (χ2n) is 5.95. The third-order valence-corrected chi connectivity index (χ3v) is 4.07. The lowest BCUT2D eigenvalue weighted by Gasteiger charge is -2.40. The van der Waals surface area contributed by atoms with Crippen LogP contribution in [0, 0.1) is 0 Å². The number of rotatable bonds is 3. The van der Waals surface area contributed by atoms with Crippen LogP contribution >= 0.6 is 15.9 Å². The molecule has 106 valence electrons. The lowest BCUT2D eigenvalue weighted by Crippen LogP contribution is -2.48. The Hall–Kier alpha value is -0.680. The summed E-state index contributed by atoms with van der Waals surface area (Å²) in [6.07, 6.45) is 5.85. The van der Waals surface area contributed by atoms with Crippen LogP contribution in [-0.2, 0) is 5.33 Å². The van der Waals surface area contributed by atoms with E-state index in [2.05, 4.69) is 51.6 Å². The maximum Gasteiger partial charge on any atom is 0.232 e. The van der Waals surface area contributed by atoms with E-state index in [1.165, 1.54) is 0 Å². The van der Waals surface area contributed by atoms with E-state index in [4.69, 9.17) is 4.74 Å². The van der Waals surface area contributed by atoms with Gasteiger partial charge in [-0.3, -0.25) is 9.88 Å². The molecule has 4 nitrogen and oxygen atoms in total. The van der Waals surface area contributed by atoms with E-state index in [9.17, 15) is 0 Å². The molecule has 1 fully saturated rings. The van der Waals surface area contributed by atoms with Crippen LogP contribution in [0.15, 0.2) is 12.4 Å². The summed E-state index contributed by atoms with van der Waals surface area (Å²) in [5.74, 6) is 0.638. The molecule has 0 atom stereocenters. The van der Waals surface area contributed by atoms with E-state index >= 15 is 0 Å². The summed E-state index contributed by atoms with van der Waals surface area (Å²) in [6.45, 7) is 8.96. The Kier molecular flexibility index (Phi) is 4.79. The summed E-state index contributed by atoms with van der Waals surface area (Å²) >= 11 is 3.36. The Morgan fingerprint density at radius 2 is 1.95 bits per heavy atom. The second-order valence-corrected chi connectivity index (χ2v) is 6.52. The fourth-order valence-corrected chi connectivity index (χ4v) is 2.58. The van der Waals surface area contributed by atoms with Gasteiger partial charge < -0.3 is 4.74 Å². The van der Waals surface area contributed by atoms with Crippen molar-refractivity contribution in [2.75, 3.05) is 13.1 Å². The third-order valence-electron chi connectivity index (χ3n) is 3.50. The largest absolute Gasteiger partial charge is 0.473 e. The van der Waals surface area contributed by atoms with Crippen molar-refractivity contribution in [3.63, 3.8) is 0 Å². The number of ether oxygens (including phenoxy) is 1. The molecular weight excluding hydrogens is 306 g/mol. The van der Waals surface area contributed by atoms with Crippen LogP contribution in [0.25, 0.3) is 0 Å². The van der Waals surface area contributed by atoms with Crippen LogP contribution in [0.5, 0.6) is 5.88 Å². The average molecular weight is 328 g/mol. The molecule has 19 heavy (non-hydrogen) atoms. The van der Waals surface area contributed by atoms with E-state index in [0.717, 1.165) is 37.0 Å². The van der Waals surface area contributed by atoms with Crippen LogP contribution in [-0.4, -0.2) is 39.6 Å². The molecule has 1 saturated heterocycles. The van der Waals surface area contributed by atoms with Crippen molar-refractivity contribution in [2.45, 2.75) is 50.6 Å². The van der Waals surface area contributed by atoms with Gasteiger partial charge in [0.15, 0.2) is 0 Å². The molecule has 0 N–H and O–H groups in total. The van der Waals surface area contributed by atoms with Crippen molar-refractivity contribution in [1.82, 2.24) is 14.9 Å². The SMILES string of the molecule is CC(C)(C)N1CCC(Oc2cnc(CBr)cn2)CC1. The Morgan fingerprint density at radius 1 is 1.26 bits per heavy atom. The molecule has 0 amide bonds. The molecule has 0 bridgehead atoms. The van der Waals surface area contributed by atoms with Gasteiger partial charge in [0, 0.05) is 24.0 Å². The highest BCUT2D eigenvalue weighted by atomic mass is 79.9. The zero-order valence-corrected chi connectivity index (χ0v) is 13.5. The molecule has 0 saturated carbocycles. The zero-order chi connectivity index (χ0) is 13.9. The fourth-order valence-electron chi connectivity index (χ4n) is 2.29. The van der Waals surface area contributed by atoms with Gasteiger partial charge in [-0.2, -0.15) is 0 Å². The minimum Gasteiger partial charge on any atom is -0.473 e. The highest BCUT2D eigenvalue weighted by Gasteiger charge is 2.27. The quantitative estimate of drug-likeness (QED) is 0.800. The van der Waals surface area contributed by atoms with Crippen molar-refractivity contribution in [3.05, 3.63) is 18.1 Å². The predicted molar refractivity (Wildman–Crippen MR) is 79.6 cm³/mol. The molecule has 1 aliphatic heterocycles. The Morgan fingerprint density at radius 3 is 2.42 bits per heavy atom. The summed E-state index contributed by atoms with van der Waals surface area (Å²) in [7, 11) is 0. The molecule has 0 spiro atoms. The summed E-state index contributed by atoms with van der Waals surface area (Å²) < 4.78 is 5.90. The topological polar surface area (TPSA) is 38.2 Å². The van der Waals surface area contributed by atoms with Crippen LogP contribution in [0.1, 0.15) is 39.3 Å². The van der Waals surface area contributed by atoms with Crippen LogP contribution in [0.4, 0.5) is 0 Å². The molecule has 1 aromatic heterocycles. The third kappa shape index (κ3) is 4.14. The molecule has 1 aromatic rings. The molecule has 2 heterocycles. The van der Waals surface area contributed by atoms with Crippen molar-refractivity contribution in [1.29, 1.82) is 0 Å². The standard InChI is InChI=1S/C14H22BrN3O/c1-14(2,3)18-6-4-12(5-7-18)19-13-10-16-11(8-15)9-17-13/h9-10,12H,4-8H2,1-3H3. The molecule has 0 aliphatic carbocycles. The predicted octanol–water partition coefficient (Wildman–Crippen LogP) is 3.01. The van der Waals surface area contributed by atoms with Gasteiger partial charge in [-0.25, -0.2) is 4.98 Å². The molecule has 0 aromatic carbocycles. The minimum atomic E-state index is 0.252. The number of hydrogen-bond donors (Lipinski definition) is 0. The number of piperidine rings is 1. The number of aromatic nitrogens is 2. The van der Waals surface area contributed by atoms with Gasteiger partial charge in [-0.05, 0) is 33.6 Å². The number of halogens is 1. The minimum absolute atomic E-state index is 0.252. The molecule has 1 aliphatic rings. The zero-order valence-electron chi connectivity index (χ0n) is 11.9. The van der Waals surface area contributed by atoms with Gasteiger partial charge in [-0.15, -0.1) is 0 Å². The fraction of sp³-hybridized carbons (Fsp3) is 0.714. The van der Waals surface area contributed by atoms with Gasteiger partial charge in [0.2, 0.25) is 5.88 Å². The number of nitrogens with zero attached hydrogens (tertiary/aromatic N) is 3. The van der Waals surface area contributed by atoms with E-state index in [0.29, 0.717) is 5.88 Å². The van der Waals surface area contributed by atoms with Gasteiger partial charge in [0.25, 0.3) is 0 Å². The van der Waals surface area contributed by atoms with Crippen molar-refractivity contribution in [2.24, 2.45) is 0 Å². The number of alkyl halides is 1. The first-order valence-electron chi connectivity index (χ1n) is 6.77. The summed E-state index contributed by atoms with van der Waals surface area (Å²) in [5.41, 5.74) is 1.18. The van der Waals surface area contributed by atoms with Crippen LogP contribution in [0.2, 0.25) is 0 Å². The van der Waals surface area contributed by atoms with Gasteiger partial charge >= 0.3 is 0 Å². The van der Waals surface area contributed by atoms with Gasteiger partial charge in [0.1, 0.15) is 6.10 Å². The van der Waals surface area contributed by atoms with Crippen molar-refractivity contribution in [3.8, 4) is 5.88 Å². The normalized spacial score (nSPS) is 18.5. The average Bonchev–Trinajstić information content (AvgIpc) is 2.39. The number of likely N-dealkylation sites (tertiary alicyclic amines) is 1. The summed E-state index contributed by atoms with van der Waals surface area (Å²) in [5, 5.41) is 0.726. The second kappa shape index (κ2) is 6.18. The number of hydrogen-bond acceptors (Lipinski definition) is 4. The Labute approximate surface area is 123 Å². The molecule has 0 unspecified atom stereocenters. The van der Waals surface area contributed by atoms with Crippen molar-refractivity contribution < 1.29 is 4.74 Å². The first kappa shape index (κ1) is 14.7. The lowest BCUT2D eigenvalue weighted by atomic mass is 9.99. The Balaban J connectivity index is 1.85. The maximum absolute atomic E-state index is 5.90. The smallest absolute Gasteiger partial charge is 0.232 e. The summed E-state index contributed by atoms with van der Waals surface area (Å²) in [6, 6.07) is 0. The highest BCUT2D eigenvalue weighted by Crippen LogP contribution is 2.22. The van der Waals surface area contributed by atoms with E-state index in [1.807, 2.05) is 0 Å². The maximum atomic E-state index is 5.90. The molecule has 5 heteroatoms. The molecular formula is C14H22BrN3O. The van der Waals surface area contributed by atoms with Crippen molar-refractivity contribution >= 4 is 15.9 Å². The van der Waals surface area contributed by atoms with Gasteiger partial charge in [0.05, 0.1) is 18.1 Å². The van der Waals surface area contributed by atoms with E-state index in [-0.39, 0.29) is 11.6 Å². The monoisotopic (exact) mass is 327 g/mol. The van der Waals surface area contributed by atoms with Crippen LogP contribution < -0.4 is 4.74 Å². The Bertz CT molecular complexity index is 394. The van der Waals surface area contributed by atoms with Gasteiger partial charge in [-0.1, -0.05) is 15.9 Å². The van der Waals surface area contributed by atoms with E-state index < -0.39 is 0 Å². The van der Waals surface area contributed by atoms with Crippen LogP contribution in [0.3, 0.4) is 0 Å². The molecule has 2 rings (SSSR count). The van der Waals surface area contributed by atoms with E-state index in [1.54, 1.807) is 12.4 Å². The lowest BCUT2D eigenvalue weighted by molar-refractivity contribution is 0.0470. The highest BCUT2D eigenvalue weighted by molar-refractivity contribution is 9.08. The first-order valence-corrected chi connectivity index (χ1v) is 7.90. The molecule has 0 radical (unpaired) electrons. The first-order chi connectivity index (χ1) is 8.99. The summed E-state index contributed by atoms with van der Waals surface area (Å²) in [4.78, 5) is 11.1.